The Hall–Kier alpha value is -3.49. The molecule has 3 aromatic rings. The van der Waals surface area contributed by atoms with Crippen molar-refractivity contribution in [2.45, 2.75) is 37.8 Å². The lowest BCUT2D eigenvalue weighted by Gasteiger charge is -2.28. The second kappa shape index (κ2) is 8.48. The van der Waals surface area contributed by atoms with E-state index in [-0.39, 0.29) is 23.7 Å². The molecule has 1 saturated carbocycles. The summed E-state index contributed by atoms with van der Waals surface area (Å²) in [6, 6.07) is 6.74. The molecule has 4 rings (SSSR count). The first-order chi connectivity index (χ1) is 14.5. The number of carbonyl (C=O) groups excluding carboxylic acids is 1. The standard InChI is InChI=1S/C21H20FN3O5/c1-28-17-4-2-3-12-9-16(20(27)30-18(12)17)19(26)25-14-5-7-15(8-6-14)29-21-23-10-13(22)11-24-21/h2-4,9-11,14-15H,5-8H2,1H3,(H,25,26). The second-order valence-electron chi connectivity index (χ2n) is 7.07. The molecule has 0 unspecified atom stereocenters. The lowest BCUT2D eigenvalue weighted by atomic mass is 9.93. The number of carbonyl (C=O) groups is 1. The Balaban J connectivity index is 1.38. The number of methoxy groups -OCH3 is 1. The smallest absolute Gasteiger partial charge is 0.349 e. The van der Waals surface area contributed by atoms with Gasteiger partial charge in [0.05, 0.1) is 19.5 Å². The van der Waals surface area contributed by atoms with Gasteiger partial charge in [-0.15, -0.1) is 0 Å². The van der Waals surface area contributed by atoms with Crippen LogP contribution in [0.15, 0.2) is 45.9 Å². The van der Waals surface area contributed by atoms with E-state index < -0.39 is 17.3 Å². The van der Waals surface area contributed by atoms with Gasteiger partial charge < -0.3 is 19.2 Å². The van der Waals surface area contributed by atoms with Crippen LogP contribution in [0.5, 0.6) is 11.8 Å². The molecule has 1 fully saturated rings. The molecule has 9 heteroatoms. The van der Waals surface area contributed by atoms with Crippen molar-refractivity contribution < 1.29 is 23.1 Å². The zero-order valence-electron chi connectivity index (χ0n) is 16.3. The Bertz CT molecular complexity index is 1110. The normalized spacial score (nSPS) is 18.7. The molecular weight excluding hydrogens is 393 g/mol. The van der Waals surface area contributed by atoms with E-state index in [0.29, 0.717) is 42.4 Å². The number of aromatic nitrogens is 2. The summed E-state index contributed by atoms with van der Waals surface area (Å²) in [7, 11) is 1.48. The van der Waals surface area contributed by atoms with Crippen molar-refractivity contribution in [3.63, 3.8) is 0 Å². The van der Waals surface area contributed by atoms with E-state index in [9.17, 15) is 14.0 Å². The second-order valence-corrected chi connectivity index (χ2v) is 7.07. The molecule has 2 heterocycles. The minimum absolute atomic E-state index is 0.0474. The van der Waals surface area contributed by atoms with Crippen LogP contribution in [-0.2, 0) is 0 Å². The van der Waals surface area contributed by atoms with Gasteiger partial charge in [0.15, 0.2) is 17.1 Å². The van der Waals surface area contributed by atoms with Crippen molar-refractivity contribution in [2.75, 3.05) is 7.11 Å². The van der Waals surface area contributed by atoms with E-state index >= 15 is 0 Å². The van der Waals surface area contributed by atoms with Crippen LogP contribution in [0.2, 0.25) is 0 Å². The highest BCUT2D eigenvalue weighted by Gasteiger charge is 2.26. The van der Waals surface area contributed by atoms with Crippen molar-refractivity contribution >= 4 is 16.9 Å². The molecule has 1 N–H and O–H groups in total. The summed E-state index contributed by atoms with van der Waals surface area (Å²) < 4.78 is 29.0. The third kappa shape index (κ3) is 4.24. The molecule has 0 bridgehead atoms. The van der Waals surface area contributed by atoms with Crippen LogP contribution in [0.3, 0.4) is 0 Å². The summed E-state index contributed by atoms with van der Waals surface area (Å²) in [4.78, 5) is 32.6. The lowest BCUT2D eigenvalue weighted by Crippen LogP contribution is -2.41. The van der Waals surface area contributed by atoms with Crippen LogP contribution in [0.25, 0.3) is 11.0 Å². The van der Waals surface area contributed by atoms with Crippen molar-refractivity contribution in [3.05, 3.63) is 58.5 Å². The number of hydrogen-bond acceptors (Lipinski definition) is 7. The molecule has 1 aromatic carbocycles. The maximum atomic E-state index is 12.9. The Kier molecular flexibility index (Phi) is 5.60. The number of benzene rings is 1. The summed E-state index contributed by atoms with van der Waals surface area (Å²) in [6.45, 7) is 0. The number of para-hydroxylation sites is 1. The van der Waals surface area contributed by atoms with Gasteiger partial charge in [0.2, 0.25) is 0 Å². The zero-order valence-corrected chi connectivity index (χ0v) is 16.3. The molecule has 1 amide bonds. The van der Waals surface area contributed by atoms with Gasteiger partial charge in [0, 0.05) is 11.4 Å². The van der Waals surface area contributed by atoms with Crippen molar-refractivity contribution in [1.29, 1.82) is 0 Å². The molecule has 0 saturated heterocycles. The van der Waals surface area contributed by atoms with E-state index in [1.807, 2.05) is 0 Å². The van der Waals surface area contributed by atoms with E-state index in [1.54, 1.807) is 18.2 Å². The number of nitrogens with zero attached hydrogens (tertiary/aromatic N) is 2. The maximum Gasteiger partial charge on any atom is 0.349 e. The fourth-order valence-electron chi connectivity index (χ4n) is 3.54. The molecule has 8 nitrogen and oxygen atoms in total. The number of hydrogen-bond donors (Lipinski definition) is 1. The van der Waals surface area contributed by atoms with Gasteiger partial charge in [-0.1, -0.05) is 12.1 Å². The highest BCUT2D eigenvalue weighted by Crippen LogP contribution is 2.25. The third-order valence-corrected chi connectivity index (χ3v) is 5.07. The monoisotopic (exact) mass is 413 g/mol. The number of nitrogens with one attached hydrogen (secondary N) is 1. The number of fused-ring (bicyclic) bond motifs is 1. The summed E-state index contributed by atoms with van der Waals surface area (Å²) in [5.74, 6) is -0.565. The number of rotatable bonds is 5. The molecule has 156 valence electrons. The molecule has 2 aromatic heterocycles. The molecule has 0 radical (unpaired) electrons. The van der Waals surface area contributed by atoms with Gasteiger partial charge in [-0.2, -0.15) is 0 Å². The van der Waals surface area contributed by atoms with Crippen LogP contribution in [0.1, 0.15) is 36.0 Å². The molecule has 1 aliphatic rings. The van der Waals surface area contributed by atoms with E-state index in [1.165, 1.54) is 13.2 Å². The van der Waals surface area contributed by atoms with Crippen molar-refractivity contribution in [1.82, 2.24) is 15.3 Å². The van der Waals surface area contributed by atoms with Crippen LogP contribution in [-0.4, -0.2) is 35.1 Å². The largest absolute Gasteiger partial charge is 0.493 e. The maximum absolute atomic E-state index is 12.9. The number of amides is 1. The average molecular weight is 413 g/mol. The Morgan fingerprint density at radius 3 is 2.63 bits per heavy atom. The third-order valence-electron chi connectivity index (χ3n) is 5.07. The van der Waals surface area contributed by atoms with Crippen molar-refractivity contribution in [2.24, 2.45) is 0 Å². The number of ether oxygens (including phenoxy) is 2. The summed E-state index contributed by atoms with van der Waals surface area (Å²) in [6.07, 6.45) is 4.69. The predicted molar refractivity (Wildman–Crippen MR) is 105 cm³/mol. The molecule has 30 heavy (non-hydrogen) atoms. The summed E-state index contributed by atoms with van der Waals surface area (Å²) >= 11 is 0. The lowest BCUT2D eigenvalue weighted by molar-refractivity contribution is 0.0881. The van der Waals surface area contributed by atoms with Gasteiger partial charge >= 0.3 is 11.6 Å². The Labute approximate surface area is 171 Å². The van der Waals surface area contributed by atoms with Gasteiger partial charge in [0.25, 0.3) is 5.91 Å². The van der Waals surface area contributed by atoms with Crippen molar-refractivity contribution in [3.8, 4) is 11.8 Å². The molecule has 0 atom stereocenters. The van der Waals surface area contributed by atoms with Gasteiger partial charge in [-0.3, -0.25) is 4.79 Å². The zero-order chi connectivity index (χ0) is 21.1. The minimum atomic E-state index is -0.713. The number of halogens is 1. The molecule has 0 aliphatic heterocycles. The Morgan fingerprint density at radius 2 is 1.93 bits per heavy atom. The highest BCUT2D eigenvalue weighted by atomic mass is 19.1. The van der Waals surface area contributed by atoms with Gasteiger partial charge in [-0.25, -0.2) is 19.2 Å². The predicted octanol–water partition coefficient (Wildman–Crippen LogP) is 2.85. The fraction of sp³-hybridized carbons (Fsp3) is 0.333. The SMILES string of the molecule is COc1cccc2cc(C(=O)NC3CCC(Oc4ncc(F)cn4)CC3)c(=O)oc12. The summed E-state index contributed by atoms with van der Waals surface area (Å²) in [5, 5.41) is 3.50. The van der Waals surface area contributed by atoms with Crippen LogP contribution in [0, 0.1) is 5.82 Å². The first-order valence-corrected chi connectivity index (χ1v) is 9.59. The fourth-order valence-corrected chi connectivity index (χ4v) is 3.54. The average Bonchev–Trinajstić information content (AvgIpc) is 2.75. The van der Waals surface area contributed by atoms with Crippen LogP contribution < -0.4 is 20.4 Å². The minimum Gasteiger partial charge on any atom is -0.493 e. The quantitative estimate of drug-likeness (QED) is 0.642. The first-order valence-electron chi connectivity index (χ1n) is 9.59. The van der Waals surface area contributed by atoms with Gasteiger partial charge in [-0.05, 0) is 37.8 Å². The van der Waals surface area contributed by atoms with E-state index in [2.05, 4.69) is 15.3 Å². The topological polar surface area (TPSA) is 104 Å². The van der Waals surface area contributed by atoms with E-state index in [4.69, 9.17) is 13.9 Å². The first kappa shape index (κ1) is 19.8. The molecular formula is C21H20FN3O5. The summed E-state index contributed by atoms with van der Waals surface area (Å²) in [5.41, 5.74) is -0.453. The van der Waals surface area contributed by atoms with E-state index in [0.717, 1.165) is 12.4 Å². The molecule has 0 spiro atoms. The molecule has 1 aliphatic carbocycles. The highest BCUT2D eigenvalue weighted by molar-refractivity contribution is 5.97. The van der Waals surface area contributed by atoms with Crippen LogP contribution >= 0.6 is 0 Å². The van der Waals surface area contributed by atoms with Gasteiger partial charge in [0.1, 0.15) is 11.7 Å². The van der Waals surface area contributed by atoms with Crippen LogP contribution in [0.4, 0.5) is 4.39 Å². The Morgan fingerprint density at radius 1 is 1.20 bits per heavy atom.